The lowest BCUT2D eigenvalue weighted by Crippen LogP contribution is -2.33. The number of hydrogen-bond donors (Lipinski definition) is 2. The van der Waals surface area contributed by atoms with E-state index in [-0.39, 0.29) is 18.2 Å². The van der Waals surface area contributed by atoms with E-state index in [0.29, 0.717) is 6.61 Å². The van der Waals surface area contributed by atoms with Gasteiger partial charge in [0.2, 0.25) is 0 Å². The summed E-state index contributed by atoms with van der Waals surface area (Å²) in [6.07, 6.45) is -1.00. The highest BCUT2D eigenvalue weighted by Crippen LogP contribution is 2.17. The van der Waals surface area contributed by atoms with Gasteiger partial charge < -0.3 is 15.2 Å². The van der Waals surface area contributed by atoms with Crippen LogP contribution < -0.4 is 5.32 Å². The molecule has 96 valence electrons. The molecule has 0 aliphatic carbocycles. The average molecular weight is 245 g/mol. The number of ether oxygens (including phenoxy) is 1. The number of aliphatic hydroxyl groups excluding tert-OH is 1. The molecule has 0 aliphatic rings. The molecule has 0 amide bonds. The summed E-state index contributed by atoms with van der Waals surface area (Å²) in [5.74, 6) is -1.39. The fraction of sp³-hybridized carbons (Fsp3) is 0.500. The molecule has 0 fully saturated rings. The number of benzene rings is 1. The molecular weight excluding hydrogens is 228 g/mol. The van der Waals surface area contributed by atoms with Crippen LogP contribution >= 0.6 is 0 Å². The summed E-state index contributed by atoms with van der Waals surface area (Å²) >= 11 is 0. The Morgan fingerprint density at radius 1 is 1.41 bits per heavy atom. The SMILES string of the molecule is COCC(C)NCC(O)c1ccc(F)cc1F. The second-order valence-corrected chi connectivity index (χ2v) is 3.95. The predicted molar refractivity (Wildman–Crippen MR) is 60.7 cm³/mol. The molecule has 1 aromatic carbocycles. The summed E-state index contributed by atoms with van der Waals surface area (Å²) in [6, 6.07) is 3.19. The van der Waals surface area contributed by atoms with Crippen molar-refractivity contribution in [3.8, 4) is 0 Å². The van der Waals surface area contributed by atoms with Crippen LogP contribution in [0.15, 0.2) is 18.2 Å². The average Bonchev–Trinajstić information content (AvgIpc) is 2.26. The standard InChI is InChI=1S/C12H17F2NO2/c1-8(7-17-2)15-6-12(16)10-4-3-9(13)5-11(10)14/h3-5,8,12,15-16H,6-7H2,1-2H3. The van der Waals surface area contributed by atoms with Crippen molar-refractivity contribution in [2.24, 2.45) is 0 Å². The Morgan fingerprint density at radius 2 is 2.12 bits per heavy atom. The Hall–Kier alpha value is -1.04. The third kappa shape index (κ3) is 4.38. The van der Waals surface area contributed by atoms with Crippen LogP contribution in [0.3, 0.4) is 0 Å². The van der Waals surface area contributed by atoms with Crippen LogP contribution in [0, 0.1) is 11.6 Å². The van der Waals surface area contributed by atoms with Crippen molar-refractivity contribution >= 4 is 0 Å². The number of nitrogens with one attached hydrogen (secondary N) is 1. The minimum Gasteiger partial charge on any atom is -0.387 e. The fourth-order valence-electron chi connectivity index (χ4n) is 1.50. The van der Waals surface area contributed by atoms with Crippen LogP contribution in [0.5, 0.6) is 0 Å². The fourth-order valence-corrected chi connectivity index (χ4v) is 1.50. The van der Waals surface area contributed by atoms with Gasteiger partial charge in [-0.15, -0.1) is 0 Å². The lowest BCUT2D eigenvalue weighted by atomic mass is 10.1. The van der Waals surface area contributed by atoms with Crippen molar-refractivity contribution in [2.75, 3.05) is 20.3 Å². The Balaban J connectivity index is 2.54. The van der Waals surface area contributed by atoms with E-state index in [1.165, 1.54) is 6.07 Å². The van der Waals surface area contributed by atoms with Crippen molar-refractivity contribution in [3.63, 3.8) is 0 Å². The van der Waals surface area contributed by atoms with Crippen molar-refractivity contribution in [1.82, 2.24) is 5.32 Å². The van der Waals surface area contributed by atoms with Crippen LogP contribution in [0.2, 0.25) is 0 Å². The molecular formula is C12H17F2NO2. The first kappa shape index (κ1) is 14.0. The van der Waals surface area contributed by atoms with E-state index in [1.54, 1.807) is 7.11 Å². The number of hydrogen-bond acceptors (Lipinski definition) is 3. The number of methoxy groups -OCH3 is 1. The quantitative estimate of drug-likeness (QED) is 0.800. The molecule has 0 bridgehead atoms. The number of halogens is 2. The molecule has 1 rings (SSSR count). The molecule has 2 N–H and O–H groups in total. The minimum atomic E-state index is -1.00. The van der Waals surface area contributed by atoms with Gasteiger partial charge in [0, 0.05) is 31.3 Å². The largest absolute Gasteiger partial charge is 0.387 e. The lowest BCUT2D eigenvalue weighted by Gasteiger charge is -2.17. The molecule has 0 radical (unpaired) electrons. The summed E-state index contributed by atoms with van der Waals surface area (Å²) in [4.78, 5) is 0. The highest BCUT2D eigenvalue weighted by molar-refractivity contribution is 5.21. The van der Waals surface area contributed by atoms with E-state index < -0.39 is 17.7 Å². The third-order valence-corrected chi connectivity index (χ3v) is 2.40. The van der Waals surface area contributed by atoms with Crippen molar-refractivity contribution in [2.45, 2.75) is 19.1 Å². The topological polar surface area (TPSA) is 41.5 Å². The Labute approximate surface area is 99.4 Å². The third-order valence-electron chi connectivity index (χ3n) is 2.40. The van der Waals surface area contributed by atoms with Crippen LogP contribution in [0.25, 0.3) is 0 Å². The normalized spacial score (nSPS) is 14.6. The highest BCUT2D eigenvalue weighted by atomic mass is 19.1. The van der Waals surface area contributed by atoms with Crippen molar-refractivity contribution in [1.29, 1.82) is 0 Å². The first-order valence-electron chi connectivity index (χ1n) is 5.40. The minimum absolute atomic E-state index is 0.0539. The zero-order valence-corrected chi connectivity index (χ0v) is 9.91. The number of rotatable bonds is 6. The number of aliphatic hydroxyl groups is 1. The molecule has 2 unspecified atom stereocenters. The van der Waals surface area contributed by atoms with Gasteiger partial charge in [0.25, 0.3) is 0 Å². The second-order valence-electron chi connectivity index (χ2n) is 3.95. The van der Waals surface area contributed by atoms with E-state index in [2.05, 4.69) is 5.32 Å². The van der Waals surface area contributed by atoms with Gasteiger partial charge in [0.1, 0.15) is 11.6 Å². The maximum atomic E-state index is 13.3. The highest BCUT2D eigenvalue weighted by Gasteiger charge is 2.14. The second kappa shape index (κ2) is 6.64. The van der Waals surface area contributed by atoms with E-state index in [0.717, 1.165) is 12.1 Å². The maximum Gasteiger partial charge on any atom is 0.131 e. The van der Waals surface area contributed by atoms with Crippen LogP contribution in [-0.2, 0) is 4.74 Å². The van der Waals surface area contributed by atoms with Crippen LogP contribution in [-0.4, -0.2) is 31.4 Å². The summed E-state index contributed by atoms with van der Waals surface area (Å²) < 4.78 is 30.9. The van der Waals surface area contributed by atoms with Gasteiger partial charge in [0.15, 0.2) is 0 Å². The molecule has 0 spiro atoms. The van der Waals surface area contributed by atoms with Crippen molar-refractivity contribution in [3.05, 3.63) is 35.4 Å². The summed E-state index contributed by atoms with van der Waals surface area (Å²) in [7, 11) is 1.58. The molecule has 0 aromatic heterocycles. The molecule has 0 saturated carbocycles. The van der Waals surface area contributed by atoms with Gasteiger partial charge in [-0.05, 0) is 13.0 Å². The summed E-state index contributed by atoms with van der Waals surface area (Å²) in [5, 5.41) is 12.7. The zero-order chi connectivity index (χ0) is 12.8. The van der Waals surface area contributed by atoms with E-state index in [1.807, 2.05) is 6.92 Å². The molecule has 0 heterocycles. The molecule has 0 saturated heterocycles. The molecule has 5 heteroatoms. The molecule has 17 heavy (non-hydrogen) atoms. The Morgan fingerprint density at radius 3 is 2.71 bits per heavy atom. The van der Waals surface area contributed by atoms with Gasteiger partial charge in [-0.25, -0.2) is 8.78 Å². The lowest BCUT2D eigenvalue weighted by molar-refractivity contribution is 0.141. The molecule has 2 atom stereocenters. The molecule has 1 aromatic rings. The first-order chi connectivity index (χ1) is 8.04. The van der Waals surface area contributed by atoms with Crippen molar-refractivity contribution < 1.29 is 18.6 Å². The van der Waals surface area contributed by atoms with E-state index in [4.69, 9.17) is 4.74 Å². The van der Waals surface area contributed by atoms with Crippen LogP contribution in [0.4, 0.5) is 8.78 Å². The van der Waals surface area contributed by atoms with Gasteiger partial charge in [0.05, 0.1) is 12.7 Å². The Kier molecular flexibility index (Phi) is 5.47. The first-order valence-corrected chi connectivity index (χ1v) is 5.40. The molecule has 0 aliphatic heterocycles. The Bertz CT molecular complexity index is 360. The predicted octanol–water partition coefficient (Wildman–Crippen LogP) is 1.62. The zero-order valence-electron chi connectivity index (χ0n) is 9.91. The monoisotopic (exact) mass is 245 g/mol. The van der Waals surface area contributed by atoms with Crippen LogP contribution in [0.1, 0.15) is 18.6 Å². The van der Waals surface area contributed by atoms with E-state index in [9.17, 15) is 13.9 Å². The molecule has 3 nitrogen and oxygen atoms in total. The maximum absolute atomic E-state index is 13.3. The van der Waals surface area contributed by atoms with Gasteiger partial charge in [-0.3, -0.25) is 0 Å². The van der Waals surface area contributed by atoms with Gasteiger partial charge in [-0.1, -0.05) is 6.07 Å². The van der Waals surface area contributed by atoms with E-state index >= 15 is 0 Å². The summed E-state index contributed by atoms with van der Waals surface area (Å²) in [6.45, 7) is 2.57. The smallest absolute Gasteiger partial charge is 0.131 e. The van der Waals surface area contributed by atoms with Gasteiger partial charge in [-0.2, -0.15) is 0 Å². The summed E-state index contributed by atoms with van der Waals surface area (Å²) in [5.41, 5.74) is 0.0866. The van der Waals surface area contributed by atoms with Gasteiger partial charge >= 0.3 is 0 Å².